The Morgan fingerprint density at radius 2 is 1.69 bits per heavy atom. The zero-order valence-corrected chi connectivity index (χ0v) is 9.61. The number of rotatable bonds is 3. The summed E-state index contributed by atoms with van der Waals surface area (Å²) in [5.41, 5.74) is 2.45. The van der Waals surface area contributed by atoms with Crippen molar-refractivity contribution >= 4 is 10.9 Å². The summed E-state index contributed by atoms with van der Waals surface area (Å²) in [7, 11) is 0. The lowest BCUT2D eigenvalue weighted by atomic mass is 10.2. The molecule has 1 heterocycles. The van der Waals surface area contributed by atoms with Gasteiger partial charge in [0.15, 0.2) is 0 Å². The SMILES string of the molecule is Cc1cc2ccccc2[nH]1.OCCCCO. The van der Waals surface area contributed by atoms with Crippen molar-refractivity contribution in [1.29, 1.82) is 0 Å². The highest BCUT2D eigenvalue weighted by molar-refractivity contribution is 5.79. The molecule has 2 rings (SSSR count). The molecule has 0 radical (unpaired) electrons. The van der Waals surface area contributed by atoms with E-state index in [2.05, 4.69) is 36.2 Å². The number of aromatic amines is 1. The monoisotopic (exact) mass is 221 g/mol. The van der Waals surface area contributed by atoms with Gasteiger partial charge in [-0.15, -0.1) is 0 Å². The third-order valence-corrected chi connectivity index (χ3v) is 2.23. The van der Waals surface area contributed by atoms with Crippen LogP contribution in [-0.2, 0) is 0 Å². The van der Waals surface area contributed by atoms with Gasteiger partial charge in [0, 0.05) is 24.4 Å². The number of hydrogen-bond donors (Lipinski definition) is 3. The zero-order valence-electron chi connectivity index (χ0n) is 9.61. The van der Waals surface area contributed by atoms with Gasteiger partial charge in [0.2, 0.25) is 0 Å². The molecule has 2 aromatic rings. The van der Waals surface area contributed by atoms with Crippen molar-refractivity contribution < 1.29 is 10.2 Å². The number of unbranched alkanes of at least 4 members (excludes halogenated alkanes) is 1. The highest BCUT2D eigenvalue weighted by Gasteiger charge is 1.92. The van der Waals surface area contributed by atoms with Gasteiger partial charge in [-0.3, -0.25) is 0 Å². The second-order valence-electron chi connectivity index (χ2n) is 3.69. The molecule has 0 aliphatic rings. The summed E-state index contributed by atoms with van der Waals surface area (Å²) >= 11 is 0. The number of aliphatic hydroxyl groups is 2. The predicted octanol–water partition coefficient (Wildman–Crippen LogP) is 2.23. The maximum Gasteiger partial charge on any atom is 0.0455 e. The van der Waals surface area contributed by atoms with Gasteiger partial charge in [0.25, 0.3) is 0 Å². The van der Waals surface area contributed by atoms with Crippen LogP contribution in [0, 0.1) is 6.92 Å². The minimum atomic E-state index is 0.195. The highest BCUT2D eigenvalue weighted by Crippen LogP contribution is 2.12. The summed E-state index contributed by atoms with van der Waals surface area (Å²) in [5, 5.41) is 17.5. The second-order valence-corrected chi connectivity index (χ2v) is 3.69. The molecular weight excluding hydrogens is 202 g/mol. The van der Waals surface area contributed by atoms with Crippen LogP contribution in [0.2, 0.25) is 0 Å². The van der Waals surface area contributed by atoms with E-state index in [0.717, 1.165) is 12.8 Å². The van der Waals surface area contributed by atoms with Crippen LogP contribution < -0.4 is 0 Å². The van der Waals surface area contributed by atoms with Crippen molar-refractivity contribution in [3.8, 4) is 0 Å². The Hall–Kier alpha value is -1.32. The Morgan fingerprint density at radius 1 is 1.06 bits per heavy atom. The van der Waals surface area contributed by atoms with Crippen LogP contribution in [0.3, 0.4) is 0 Å². The molecule has 0 saturated carbocycles. The van der Waals surface area contributed by atoms with E-state index in [-0.39, 0.29) is 13.2 Å². The number of nitrogens with one attached hydrogen (secondary N) is 1. The summed E-state index contributed by atoms with van der Waals surface area (Å²) in [6.45, 7) is 2.46. The van der Waals surface area contributed by atoms with Crippen LogP contribution in [0.4, 0.5) is 0 Å². The van der Waals surface area contributed by atoms with Crippen LogP contribution in [0.1, 0.15) is 18.5 Å². The minimum absolute atomic E-state index is 0.195. The average Bonchev–Trinajstić information content (AvgIpc) is 2.67. The normalized spacial score (nSPS) is 9.94. The fraction of sp³-hybridized carbons (Fsp3) is 0.385. The standard InChI is InChI=1S/C9H9N.C4H10O2/c1-7-6-8-4-2-3-5-9(8)10-7;5-3-1-2-4-6/h2-6,10H,1H3;5-6H,1-4H2. The maximum atomic E-state index is 8.09. The molecule has 16 heavy (non-hydrogen) atoms. The van der Waals surface area contributed by atoms with E-state index in [0.29, 0.717) is 0 Å². The molecule has 0 saturated heterocycles. The van der Waals surface area contributed by atoms with Crippen molar-refractivity contribution in [2.24, 2.45) is 0 Å². The molecule has 3 nitrogen and oxygen atoms in total. The van der Waals surface area contributed by atoms with E-state index in [9.17, 15) is 0 Å². The van der Waals surface area contributed by atoms with Gasteiger partial charge in [-0.25, -0.2) is 0 Å². The number of hydrogen-bond acceptors (Lipinski definition) is 2. The number of benzene rings is 1. The van der Waals surface area contributed by atoms with E-state index in [1.54, 1.807) is 0 Å². The van der Waals surface area contributed by atoms with Gasteiger partial charge in [0.05, 0.1) is 0 Å². The summed E-state index contributed by atoms with van der Waals surface area (Å²) in [6.07, 6.45) is 1.44. The molecular formula is C13H19NO2. The number of aryl methyl sites for hydroxylation is 1. The van der Waals surface area contributed by atoms with Crippen molar-refractivity contribution in [1.82, 2.24) is 4.98 Å². The first-order valence-electron chi connectivity index (χ1n) is 5.54. The third kappa shape index (κ3) is 4.04. The molecule has 88 valence electrons. The Bertz CT molecular complexity index is 372. The van der Waals surface area contributed by atoms with Crippen LogP contribution in [-0.4, -0.2) is 28.4 Å². The molecule has 0 fully saturated rings. The van der Waals surface area contributed by atoms with Crippen LogP contribution >= 0.6 is 0 Å². The first-order chi connectivity index (χ1) is 7.77. The fourth-order valence-electron chi connectivity index (χ4n) is 1.44. The van der Waals surface area contributed by atoms with E-state index < -0.39 is 0 Å². The Balaban J connectivity index is 0.000000187. The van der Waals surface area contributed by atoms with Gasteiger partial charge in [0.1, 0.15) is 0 Å². The molecule has 3 N–H and O–H groups in total. The first kappa shape index (κ1) is 12.7. The Kier molecular flexibility index (Phi) is 5.61. The van der Waals surface area contributed by atoms with E-state index in [1.165, 1.54) is 16.6 Å². The van der Waals surface area contributed by atoms with Gasteiger partial charge < -0.3 is 15.2 Å². The highest BCUT2D eigenvalue weighted by atomic mass is 16.3. The van der Waals surface area contributed by atoms with Gasteiger partial charge in [-0.1, -0.05) is 18.2 Å². The summed E-state index contributed by atoms with van der Waals surface area (Å²) in [4.78, 5) is 3.26. The maximum absolute atomic E-state index is 8.09. The predicted molar refractivity (Wildman–Crippen MR) is 66.4 cm³/mol. The van der Waals surface area contributed by atoms with Gasteiger partial charge in [-0.2, -0.15) is 0 Å². The Labute approximate surface area is 95.7 Å². The topological polar surface area (TPSA) is 56.2 Å². The van der Waals surface area contributed by atoms with E-state index >= 15 is 0 Å². The molecule has 1 aromatic heterocycles. The molecule has 3 heteroatoms. The summed E-state index contributed by atoms with van der Waals surface area (Å²) in [5.74, 6) is 0. The number of fused-ring (bicyclic) bond motifs is 1. The lowest BCUT2D eigenvalue weighted by Crippen LogP contribution is -1.85. The van der Waals surface area contributed by atoms with Crippen LogP contribution in [0.25, 0.3) is 10.9 Å². The fourth-order valence-corrected chi connectivity index (χ4v) is 1.44. The first-order valence-corrected chi connectivity index (χ1v) is 5.54. The molecule has 0 aliphatic carbocycles. The van der Waals surface area contributed by atoms with Gasteiger partial charge >= 0.3 is 0 Å². The van der Waals surface area contributed by atoms with Crippen molar-refractivity contribution in [3.63, 3.8) is 0 Å². The summed E-state index contributed by atoms with van der Waals surface area (Å²) < 4.78 is 0. The number of H-pyrrole nitrogens is 1. The lowest BCUT2D eigenvalue weighted by molar-refractivity contribution is 0.242. The van der Waals surface area contributed by atoms with E-state index in [1.807, 2.05) is 6.07 Å². The molecule has 0 aliphatic heterocycles. The minimum Gasteiger partial charge on any atom is -0.396 e. The largest absolute Gasteiger partial charge is 0.396 e. The summed E-state index contributed by atoms with van der Waals surface area (Å²) in [6, 6.07) is 10.4. The molecule has 0 bridgehead atoms. The molecule has 0 atom stereocenters. The van der Waals surface area contributed by atoms with Crippen molar-refractivity contribution in [3.05, 3.63) is 36.0 Å². The number of para-hydroxylation sites is 1. The number of aromatic nitrogens is 1. The quantitative estimate of drug-likeness (QED) is 0.696. The van der Waals surface area contributed by atoms with Crippen LogP contribution in [0.5, 0.6) is 0 Å². The lowest BCUT2D eigenvalue weighted by Gasteiger charge is -1.85. The average molecular weight is 221 g/mol. The third-order valence-electron chi connectivity index (χ3n) is 2.23. The second kappa shape index (κ2) is 7.04. The van der Waals surface area contributed by atoms with Crippen molar-refractivity contribution in [2.45, 2.75) is 19.8 Å². The molecule has 0 unspecified atom stereocenters. The van der Waals surface area contributed by atoms with Crippen LogP contribution in [0.15, 0.2) is 30.3 Å². The van der Waals surface area contributed by atoms with E-state index in [4.69, 9.17) is 10.2 Å². The van der Waals surface area contributed by atoms with Crippen molar-refractivity contribution in [2.75, 3.05) is 13.2 Å². The molecule has 1 aromatic carbocycles. The zero-order chi connectivity index (χ0) is 11.8. The Morgan fingerprint density at radius 3 is 2.25 bits per heavy atom. The molecule has 0 amide bonds. The molecule has 0 spiro atoms. The number of aliphatic hydroxyl groups excluding tert-OH is 2. The smallest absolute Gasteiger partial charge is 0.0455 e. The van der Waals surface area contributed by atoms with Gasteiger partial charge in [-0.05, 0) is 37.3 Å².